The van der Waals surface area contributed by atoms with Crippen molar-refractivity contribution in [3.63, 3.8) is 0 Å². The van der Waals surface area contributed by atoms with Gasteiger partial charge in [-0.1, -0.05) is 12.1 Å². The van der Waals surface area contributed by atoms with Gasteiger partial charge < -0.3 is 15.2 Å². The molecule has 0 bridgehead atoms. The molecule has 0 aliphatic heterocycles. The molecule has 4 heteroatoms. The van der Waals surface area contributed by atoms with Gasteiger partial charge in [0.25, 0.3) is 0 Å². The highest BCUT2D eigenvalue weighted by atomic mass is 16.5. The van der Waals surface area contributed by atoms with Gasteiger partial charge in [-0.3, -0.25) is 5.41 Å². The molecule has 0 atom stereocenters. The molecule has 3 N–H and O–H groups in total. The smallest absolute Gasteiger partial charge is 0.123 e. The van der Waals surface area contributed by atoms with E-state index >= 15 is 0 Å². The summed E-state index contributed by atoms with van der Waals surface area (Å²) in [6.45, 7) is 2.40. The van der Waals surface area contributed by atoms with Crippen LogP contribution in [0.5, 0.6) is 11.5 Å². The Morgan fingerprint density at radius 3 is 2.30 bits per heavy atom. The normalized spacial score (nSPS) is 10.1. The fourth-order valence-electron chi connectivity index (χ4n) is 1.92. The van der Waals surface area contributed by atoms with Crippen molar-refractivity contribution in [1.29, 1.82) is 5.41 Å². The molecule has 0 unspecified atom stereocenters. The van der Waals surface area contributed by atoms with Crippen LogP contribution in [-0.4, -0.2) is 12.9 Å². The molecule has 2 aromatic rings. The zero-order valence-electron chi connectivity index (χ0n) is 11.6. The SMILES string of the molecule is COc1ccc(COc2ccc(C(=N)N)c(C)c2)cc1. The highest BCUT2D eigenvalue weighted by Crippen LogP contribution is 2.19. The van der Waals surface area contributed by atoms with Crippen LogP contribution in [0.2, 0.25) is 0 Å². The first-order chi connectivity index (χ1) is 9.60. The van der Waals surface area contributed by atoms with Gasteiger partial charge in [-0.2, -0.15) is 0 Å². The fourth-order valence-corrected chi connectivity index (χ4v) is 1.92. The van der Waals surface area contributed by atoms with Crippen molar-refractivity contribution in [1.82, 2.24) is 0 Å². The zero-order valence-corrected chi connectivity index (χ0v) is 11.6. The van der Waals surface area contributed by atoms with Crippen LogP contribution in [0.4, 0.5) is 0 Å². The first-order valence-electron chi connectivity index (χ1n) is 6.31. The van der Waals surface area contributed by atoms with Gasteiger partial charge in [0.05, 0.1) is 7.11 Å². The summed E-state index contributed by atoms with van der Waals surface area (Å²) < 4.78 is 10.8. The van der Waals surface area contributed by atoms with Crippen LogP contribution in [0.15, 0.2) is 42.5 Å². The molecular formula is C16H18N2O2. The molecular weight excluding hydrogens is 252 g/mol. The second-order valence-corrected chi connectivity index (χ2v) is 4.53. The maximum absolute atomic E-state index is 7.45. The minimum absolute atomic E-state index is 0.0733. The largest absolute Gasteiger partial charge is 0.497 e. The molecule has 0 radical (unpaired) electrons. The van der Waals surface area contributed by atoms with Gasteiger partial charge in [-0.05, 0) is 48.4 Å². The molecule has 0 aliphatic rings. The Kier molecular flexibility index (Phi) is 4.25. The van der Waals surface area contributed by atoms with Gasteiger partial charge in [0.2, 0.25) is 0 Å². The molecule has 2 rings (SSSR count). The second-order valence-electron chi connectivity index (χ2n) is 4.53. The van der Waals surface area contributed by atoms with Gasteiger partial charge in [0.15, 0.2) is 0 Å². The predicted molar refractivity (Wildman–Crippen MR) is 79.5 cm³/mol. The van der Waals surface area contributed by atoms with E-state index in [2.05, 4.69) is 0 Å². The van der Waals surface area contributed by atoms with Crippen molar-refractivity contribution >= 4 is 5.84 Å². The number of benzene rings is 2. The first kappa shape index (κ1) is 13.9. The first-order valence-corrected chi connectivity index (χ1v) is 6.31. The maximum atomic E-state index is 7.45. The number of nitrogen functional groups attached to an aromatic ring is 1. The van der Waals surface area contributed by atoms with Crippen molar-refractivity contribution in [3.8, 4) is 11.5 Å². The Hall–Kier alpha value is -2.49. The molecule has 0 heterocycles. The Morgan fingerprint density at radius 1 is 1.10 bits per heavy atom. The quantitative estimate of drug-likeness (QED) is 0.648. The molecule has 0 fully saturated rings. The Morgan fingerprint density at radius 2 is 1.75 bits per heavy atom. The maximum Gasteiger partial charge on any atom is 0.123 e. The lowest BCUT2D eigenvalue weighted by Gasteiger charge is -2.10. The summed E-state index contributed by atoms with van der Waals surface area (Å²) >= 11 is 0. The van der Waals surface area contributed by atoms with Gasteiger partial charge >= 0.3 is 0 Å². The van der Waals surface area contributed by atoms with Crippen molar-refractivity contribution < 1.29 is 9.47 Å². The third kappa shape index (κ3) is 3.29. The van der Waals surface area contributed by atoms with E-state index < -0.39 is 0 Å². The van der Waals surface area contributed by atoms with Crippen molar-refractivity contribution in [2.45, 2.75) is 13.5 Å². The molecule has 104 valence electrons. The summed E-state index contributed by atoms with van der Waals surface area (Å²) in [5.74, 6) is 1.67. The highest BCUT2D eigenvalue weighted by Gasteiger charge is 2.03. The van der Waals surface area contributed by atoms with E-state index in [1.807, 2.05) is 43.3 Å². The van der Waals surface area contributed by atoms with Crippen LogP contribution < -0.4 is 15.2 Å². The van der Waals surface area contributed by atoms with E-state index in [1.165, 1.54) is 0 Å². The number of nitrogens with one attached hydrogen (secondary N) is 1. The number of hydrogen-bond donors (Lipinski definition) is 2. The standard InChI is InChI=1S/C16H18N2O2/c1-11-9-14(7-8-15(11)16(17)18)20-10-12-3-5-13(19-2)6-4-12/h3-9H,10H2,1-2H3,(H3,17,18). The number of methoxy groups -OCH3 is 1. The summed E-state index contributed by atoms with van der Waals surface area (Å²) in [6.07, 6.45) is 0. The number of nitrogens with two attached hydrogens (primary N) is 1. The van der Waals surface area contributed by atoms with Gasteiger partial charge in [-0.25, -0.2) is 0 Å². The predicted octanol–water partition coefficient (Wildman–Crippen LogP) is 2.87. The topological polar surface area (TPSA) is 68.3 Å². The van der Waals surface area contributed by atoms with Crippen LogP contribution in [0.3, 0.4) is 0 Å². The summed E-state index contributed by atoms with van der Waals surface area (Å²) in [7, 11) is 1.64. The summed E-state index contributed by atoms with van der Waals surface area (Å²) in [5.41, 5.74) is 8.23. The Labute approximate surface area is 118 Å². The number of rotatable bonds is 5. The van der Waals surface area contributed by atoms with E-state index in [0.717, 1.165) is 28.2 Å². The third-order valence-corrected chi connectivity index (χ3v) is 3.05. The molecule has 0 spiro atoms. The number of ether oxygens (including phenoxy) is 2. The monoisotopic (exact) mass is 270 g/mol. The van der Waals surface area contributed by atoms with Gasteiger partial charge in [-0.15, -0.1) is 0 Å². The number of aryl methyl sites for hydroxylation is 1. The fraction of sp³-hybridized carbons (Fsp3) is 0.188. The second kappa shape index (κ2) is 6.10. The van der Waals surface area contributed by atoms with Crippen molar-refractivity contribution in [2.75, 3.05) is 7.11 Å². The van der Waals surface area contributed by atoms with Crippen LogP contribution in [-0.2, 0) is 6.61 Å². The van der Waals surface area contributed by atoms with Crippen LogP contribution in [0.25, 0.3) is 0 Å². The van der Waals surface area contributed by atoms with E-state index in [9.17, 15) is 0 Å². The molecule has 0 saturated heterocycles. The average Bonchev–Trinajstić information content (AvgIpc) is 2.45. The highest BCUT2D eigenvalue weighted by molar-refractivity contribution is 5.96. The minimum atomic E-state index is 0.0733. The molecule has 0 saturated carbocycles. The molecule has 20 heavy (non-hydrogen) atoms. The lowest BCUT2D eigenvalue weighted by molar-refractivity contribution is 0.306. The minimum Gasteiger partial charge on any atom is -0.497 e. The number of hydrogen-bond acceptors (Lipinski definition) is 3. The van der Waals surface area contributed by atoms with Crippen molar-refractivity contribution in [3.05, 3.63) is 59.2 Å². The van der Waals surface area contributed by atoms with E-state index in [1.54, 1.807) is 13.2 Å². The lowest BCUT2D eigenvalue weighted by Crippen LogP contribution is -2.12. The Bertz CT molecular complexity index is 606. The van der Waals surface area contributed by atoms with E-state index in [0.29, 0.717) is 6.61 Å². The van der Waals surface area contributed by atoms with Crippen LogP contribution in [0.1, 0.15) is 16.7 Å². The summed E-state index contributed by atoms with van der Waals surface area (Å²) in [6, 6.07) is 13.3. The third-order valence-electron chi connectivity index (χ3n) is 3.05. The van der Waals surface area contributed by atoms with Gasteiger partial charge in [0, 0.05) is 5.56 Å². The average molecular weight is 270 g/mol. The van der Waals surface area contributed by atoms with Crippen LogP contribution in [0, 0.1) is 12.3 Å². The van der Waals surface area contributed by atoms with E-state index in [4.69, 9.17) is 20.6 Å². The summed E-state index contributed by atoms with van der Waals surface area (Å²) in [5, 5.41) is 7.45. The molecule has 0 aromatic heterocycles. The van der Waals surface area contributed by atoms with Crippen LogP contribution >= 0.6 is 0 Å². The molecule has 0 amide bonds. The van der Waals surface area contributed by atoms with Crippen molar-refractivity contribution in [2.24, 2.45) is 5.73 Å². The molecule has 4 nitrogen and oxygen atoms in total. The summed E-state index contributed by atoms with van der Waals surface area (Å²) in [4.78, 5) is 0. The van der Waals surface area contributed by atoms with E-state index in [-0.39, 0.29) is 5.84 Å². The lowest BCUT2D eigenvalue weighted by atomic mass is 10.1. The van der Waals surface area contributed by atoms with Gasteiger partial charge in [0.1, 0.15) is 23.9 Å². The Balaban J connectivity index is 2.03. The number of amidine groups is 1. The molecule has 0 aliphatic carbocycles. The molecule has 2 aromatic carbocycles. The zero-order chi connectivity index (χ0) is 14.5.